The topological polar surface area (TPSA) is 51.2 Å². The molecule has 0 radical (unpaired) electrons. The highest BCUT2D eigenvalue weighted by Gasteiger charge is 2.39. The highest BCUT2D eigenvalue weighted by molar-refractivity contribution is 7.94. The van der Waals surface area contributed by atoms with Gasteiger partial charge in [0.15, 0.2) is 9.84 Å². The van der Waals surface area contributed by atoms with E-state index >= 15 is 0 Å². The van der Waals surface area contributed by atoms with Gasteiger partial charge in [0.1, 0.15) is 5.78 Å². The molecule has 24 heavy (non-hydrogen) atoms. The fourth-order valence-corrected chi connectivity index (χ4v) is 3.88. The number of carbonyl (C=O) groups is 1. The molecule has 0 saturated heterocycles. The zero-order valence-corrected chi connectivity index (χ0v) is 19.7. The first-order valence-corrected chi connectivity index (χ1v) is 10.3. The van der Waals surface area contributed by atoms with Crippen LogP contribution in [-0.4, -0.2) is 23.7 Å². The van der Waals surface area contributed by atoms with E-state index in [2.05, 4.69) is 13.8 Å². The Morgan fingerprint density at radius 2 is 0.792 bits per heavy atom. The van der Waals surface area contributed by atoms with E-state index in [-0.39, 0.29) is 10.8 Å². The molecule has 0 aliphatic rings. The fraction of sp³-hybridized carbons (Fsp3) is 0.950. The van der Waals surface area contributed by atoms with Crippen LogP contribution in [0.4, 0.5) is 0 Å². The van der Waals surface area contributed by atoms with Crippen molar-refractivity contribution in [3.63, 3.8) is 0 Å². The zero-order valence-electron chi connectivity index (χ0n) is 18.8. The Labute approximate surface area is 152 Å². The minimum atomic E-state index is -3.01. The number of hydrogen-bond donors (Lipinski definition) is 0. The molecule has 0 bridgehead atoms. The second-order valence-electron chi connectivity index (χ2n) is 10.3. The number of Topliss-reactive ketones (excluding diaryl/α,β-unsaturated/α-hetero) is 1. The molecule has 0 heterocycles. The van der Waals surface area contributed by atoms with Crippen LogP contribution in [0.3, 0.4) is 0 Å². The Bertz CT molecular complexity index is 423. The molecule has 148 valence electrons. The van der Waals surface area contributed by atoms with Gasteiger partial charge < -0.3 is 0 Å². The Kier molecular flexibility index (Phi) is 11.1. The van der Waals surface area contributed by atoms with Crippen molar-refractivity contribution in [1.82, 2.24) is 0 Å². The molecule has 0 N–H and O–H groups in total. The van der Waals surface area contributed by atoms with Gasteiger partial charge in [0, 0.05) is 10.8 Å². The van der Waals surface area contributed by atoms with Crippen LogP contribution in [-0.2, 0) is 14.6 Å². The van der Waals surface area contributed by atoms with Gasteiger partial charge in [0.2, 0.25) is 0 Å². The van der Waals surface area contributed by atoms with E-state index in [0.717, 1.165) is 0 Å². The Hall–Kier alpha value is -0.380. The molecule has 0 saturated carbocycles. The van der Waals surface area contributed by atoms with Crippen LogP contribution < -0.4 is 0 Å². The summed E-state index contributed by atoms with van der Waals surface area (Å²) in [5.74, 6) is 0.319. The third kappa shape index (κ3) is 10.5. The SMILES string of the molecule is CC(C)(C)C(=O)C(C)(C)C.CC(C)(C)S(=O)(=O)C(C)(C)C.CCC. The first kappa shape index (κ1) is 28.4. The minimum Gasteiger partial charge on any atom is -0.299 e. The van der Waals surface area contributed by atoms with Gasteiger partial charge in [-0.2, -0.15) is 0 Å². The Balaban J connectivity index is -0.000000317. The van der Waals surface area contributed by atoms with E-state index < -0.39 is 19.3 Å². The van der Waals surface area contributed by atoms with E-state index in [1.54, 1.807) is 41.5 Å². The smallest absolute Gasteiger partial charge is 0.160 e. The fourth-order valence-electron chi connectivity index (χ4n) is 2.04. The van der Waals surface area contributed by atoms with Gasteiger partial charge in [-0.05, 0) is 41.5 Å². The lowest BCUT2D eigenvalue weighted by atomic mass is 9.76. The van der Waals surface area contributed by atoms with Crippen LogP contribution in [0.15, 0.2) is 0 Å². The highest BCUT2D eigenvalue weighted by Crippen LogP contribution is 2.28. The molecule has 0 unspecified atom stereocenters. The molecular weight excluding hydrogens is 320 g/mol. The molecule has 0 aromatic carbocycles. The maximum Gasteiger partial charge on any atom is 0.160 e. The first-order chi connectivity index (χ1) is 10.1. The molecule has 4 heteroatoms. The van der Waals surface area contributed by atoms with Gasteiger partial charge in [0.25, 0.3) is 0 Å². The lowest BCUT2D eigenvalue weighted by molar-refractivity contribution is -0.134. The molecule has 0 atom stereocenters. The molecular formula is C20H44O3S. The van der Waals surface area contributed by atoms with Gasteiger partial charge in [-0.1, -0.05) is 61.8 Å². The zero-order chi connectivity index (χ0) is 20.8. The van der Waals surface area contributed by atoms with E-state index in [1.165, 1.54) is 6.42 Å². The third-order valence-corrected chi connectivity index (χ3v) is 6.20. The summed E-state index contributed by atoms with van der Waals surface area (Å²) >= 11 is 0. The quantitative estimate of drug-likeness (QED) is 0.524. The van der Waals surface area contributed by atoms with Crippen molar-refractivity contribution in [3.05, 3.63) is 0 Å². The van der Waals surface area contributed by atoms with Crippen molar-refractivity contribution in [2.75, 3.05) is 0 Å². The van der Waals surface area contributed by atoms with Crippen LogP contribution in [0.2, 0.25) is 0 Å². The molecule has 3 nitrogen and oxygen atoms in total. The van der Waals surface area contributed by atoms with E-state index in [4.69, 9.17) is 0 Å². The number of carbonyl (C=O) groups excluding carboxylic acids is 1. The molecule has 0 aliphatic carbocycles. The number of ketones is 1. The van der Waals surface area contributed by atoms with Crippen molar-refractivity contribution in [1.29, 1.82) is 0 Å². The molecule has 0 aromatic rings. The molecule has 0 aliphatic heterocycles. The van der Waals surface area contributed by atoms with Crippen molar-refractivity contribution in [3.8, 4) is 0 Å². The summed E-state index contributed by atoms with van der Waals surface area (Å²) in [4.78, 5) is 11.5. The Morgan fingerprint density at radius 3 is 0.792 bits per heavy atom. The van der Waals surface area contributed by atoms with E-state index in [9.17, 15) is 13.2 Å². The van der Waals surface area contributed by atoms with Crippen LogP contribution in [0, 0.1) is 10.8 Å². The number of sulfone groups is 1. The second kappa shape index (κ2) is 9.35. The first-order valence-electron chi connectivity index (χ1n) is 8.86. The van der Waals surface area contributed by atoms with Gasteiger partial charge in [-0.3, -0.25) is 4.79 Å². The number of rotatable bonds is 0. The summed E-state index contributed by atoms with van der Waals surface area (Å²) in [7, 11) is -3.01. The van der Waals surface area contributed by atoms with Crippen molar-refractivity contribution in [2.45, 2.75) is 113 Å². The average Bonchev–Trinajstić information content (AvgIpc) is 2.24. The maximum absolute atomic E-state index is 11.7. The van der Waals surface area contributed by atoms with Crippen molar-refractivity contribution in [2.24, 2.45) is 10.8 Å². The lowest BCUT2D eigenvalue weighted by Crippen LogP contribution is -2.41. The highest BCUT2D eigenvalue weighted by atomic mass is 32.2. The summed E-state index contributed by atoms with van der Waals surface area (Å²) in [6.07, 6.45) is 1.25. The summed E-state index contributed by atoms with van der Waals surface area (Å²) < 4.78 is 22.1. The van der Waals surface area contributed by atoms with Crippen molar-refractivity contribution < 1.29 is 13.2 Å². The van der Waals surface area contributed by atoms with Crippen LogP contribution >= 0.6 is 0 Å². The minimum absolute atomic E-state index is 0.196. The Morgan fingerprint density at radius 1 is 0.625 bits per heavy atom. The summed E-state index contributed by atoms with van der Waals surface area (Å²) in [6, 6.07) is 0. The lowest BCUT2D eigenvalue weighted by Gasteiger charge is -2.29. The van der Waals surface area contributed by atoms with Crippen LogP contribution in [0.5, 0.6) is 0 Å². The van der Waals surface area contributed by atoms with E-state index in [0.29, 0.717) is 5.78 Å². The average molecular weight is 365 g/mol. The number of hydrogen-bond acceptors (Lipinski definition) is 3. The standard InChI is InChI=1S/C9H18O.C8H18O2S.C3H8/c1-8(2,3)7(10)9(4,5)6;1-7(2,3)11(9,10)8(4,5)6;1-3-2/h1-6H3;1-6H3;3H2,1-2H3. The molecule has 0 spiro atoms. The largest absolute Gasteiger partial charge is 0.299 e. The van der Waals surface area contributed by atoms with Crippen molar-refractivity contribution >= 4 is 15.6 Å². The predicted molar refractivity (Wildman–Crippen MR) is 108 cm³/mol. The second-order valence-corrected chi connectivity index (χ2v) is 13.7. The van der Waals surface area contributed by atoms with Gasteiger partial charge >= 0.3 is 0 Å². The summed E-state index contributed by atoms with van der Waals surface area (Å²) in [6.45, 7) is 26.4. The van der Waals surface area contributed by atoms with Crippen LogP contribution in [0.1, 0.15) is 103 Å². The third-order valence-electron chi connectivity index (χ3n) is 2.97. The van der Waals surface area contributed by atoms with Gasteiger partial charge in [-0.25, -0.2) is 8.42 Å². The predicted octanol–water partition coefficient (Wildman–Crippen LogP) is 6.06. The normalized spacial score (nSPS) is 13.2. The van der Waals surface area contributed by atoms with Gasteiger partial charge in [0.05, 0.1) is 9.49 Å². The molecule has 0 rings (SSSR count). The maximum atomic E-state index is 11.7. The molecule has 0 amide bonds. The van der Waals surface area contributed by atoms with Gasteiger partial charge in [-0.15, -0.1) is 0 Å². The molecule has 0 aromatic heterocycles. The monoisotopic (exact) mass is 364 g/mol. The molecule has 0 fully saturated rings. The van der Waals surface area contributed by atoms with E-state index in [1.807, 2.05) is 41.5 Å². The van der Waals surface area contributed by atoms with Crippen LogP contribution in [0.25, 0.3) is 0 Å². The summed E-state index contributed by atoms with van der Waals surface area (Å²) in [5, 5.41) is 0. The summed E-state index contributed by atoms with van der Waals surface area (Å²) in [5.41, 5.74) is -0.392.